The first kappa shape index (κ1) is 18.3. The van der Waals surface area contributed by atoms with E-state index in [1.165, 1.54) is 6.08 Å². The molecule has 0 unspecified atom stereocenters. The van der Waals surface area contributed by atoms with E-state index in [4.69, 9.17) is 33.7 Å². The van der Waals surface area contributed by atoms with E-state index in [0.717, 1.165) is 0 Å². The maximum Gasteiger partial charge on any atom is 0.344 e. The van der Waals surface area contributed by atoms with Crippen LogP contribution in [0, 0.1) is 0 Å². The monoisotopic (exact) mass is 412 g/mol. The number of hydrogen-bond acceptors (Lipinski definition) is 5. The molecule has 2 heterocycles. The van der Waals surface area contributed by atoms with Gasteiger partial charge in [0.25, 0.3) is 0 Å². The van der Waals surface area contributed by atoms with Crippen molar-refractivity contribution < 1.29 is 9.53 Å². The Hall–Kier alpha value is -3.09. The van der Waals surface area contributed by atoms with Crippen LogP contribution in [0.3, 0.4) is 0 Å². The summed E-state index contributed by atoms with van der Waals surface area (Å²) in [6, 6.07) is 12.3. The average molecular weight is 413 g/mol. The van der Waals surface area contributed by atoms with E-state index in [2.05, 4.69) is 16.5 Å². The minimum absolute atomic E-state index is 0.0455. The molecule has 0 aliphatic rings. The molecule has 8 heteroatoms. The Labute approximate surface area is 170 Å². The Morgan fingerprint density at radius 1 is 1.18 bits per heavy atom. The highest BCUT2D eigenvalue weighted by atomic mass is 35.5. The van der Waals surface area contributed by atoms with Gasteiger partial charge < -0.3 is 10.5 Å². The van der Waals surface area contributed by atoms with Crippen LogP contribution in [0.25, 0.3) is 27.9 Å². The van der Waals surface area contributed by atoms with Crippen LogP contribution in [0.5, 0.6) is 0 Å². The smallest absolute Gasteiger partial charge is 0.344 e. The van der Waals surface area contributed by atoms with Gasteiger partial charge in [0.15, 0.2) is 5.65 Å². The second kappa shape index (κ2) is 7.14. The number of rotatable bonds is 4. The second-order valence-corrected chi connectivity index (χ2v) is 6.81. The lowest BCUT2D eigenvalue weighted by atomic mass is 10.2. The molecule has 0 bridgehead atoms. The third kappa shape index (κ3) is 2.96. The molecule has 2 N–H and O–H groups in total. The van der Waals surface area contributed by atoms with Crippen molar-refractivity contribution >= 4 is 57.2 Å². The molecular weight excluding hydrogens is 399 g/mol. The topological polar surface area (TPSA) is 83.0 Å². The van der Waals surface area contributed by atoms with Crippen LogP contribution < -0.4 is 5.73 Å². The van der Waals surface area contributed by atoms with Gasteiger partial charge >= 0.3 is 5.97 Å². The van der Waals surface area contributed by atoms with Crippen molar-refractivity contribution in [2.24, 2.45) is 0 Å². The fourth-order valence-corrected chi connectivity index (χ4v) is 3.34. The van der Waals surface area contributed by atoms with E-state index in [1.54, 1.807) is 28.8 Å². The van der Waals surface area contributed by atoms with Crippen LogP contribution >= 0.6 is 23.2 Å². The largest absolute Gasteiger partial charge is 0.458 e. The fraction of sp³-hybridized carbons (Fsp3) is 0.0500. The fourth-order valence-electron chi connectivity index (χ4n) is 2.97. The van der Waals surface area contributed by atoms with Gasteiger partial charge in [-0.25, -0.2) is 14.8 Å². The highest BCUT2D eigenvalue weighted by molar-refractivity contribution is 6.34. The van der Waals surface area contributed by atoms with Gasteiger partial charge in [-0.15, -0.1) is 0 Å². The zero-order valence-electron chi connectivity index (χ0n) is 14.5. The number of ether oxygens (including phenoxy) is 1. The van der Waals surface area contributed by atoms with Gasteiger partial charge in [0.1, 0.15) is 23.5 Å². The molecule has 0 saturated carbocycles. The first-order valence-corrected chi connectivity index (χ1v) is 9.07. The van der Waals surface area contributed by atoms with Crippen molar-refractivity contribution in [1.29, 1.82) is 0 Å². The van der Waals surface area contributed by atoms with Crippen LogP contribution in [0.15, 0.2) is 55.1 Å². The Balaban J connectivity index is 2.10. The van der Waals surface area contributed by atoms with Crippen molar-refractivity contribution in [3.05, 3.63) is 70.7 Å². The number of fused-ring (bicyclic) bond motifs is 2. The van der Waals surface area contributed by atoms with E-state index in [9.17, 15) is 4.79 Å². The van der Waals surface area contributed by atoms with E-state index in [0.29, 0.717) is 37.9 Å². The Kier molecular flexibility index (Phi) is 4.66. The molecule has 2 aromatic carbocycles. The molecule has 0 spiro atoms. The first-order valence-electron chi connectivity index (χ1n) is 8.31. The van der Waals surface area contributed by atoms with Crippen LogP contribution in [0.1, 0.15) is 10.4 Å². The number of hydrogen-bond donors (Lipinski definition) is 1. The number of halogens is 2. The summed E-state index contributed by atoms with van der Waals surface area (Å²) in [7, 11) is 0. The highest BCUT2D eigenvalue weighted by Crippen LogP contribution is 2.35. The van der Waals surface area contributed by atoms with Gasteiger partial charge in [-0.2, -0.15) is 0 Å². The molecule has 6 nitrogen and oxygen atoms in total. The standard InChI is InChI=1S/C20H14Cl2N4O2/c1-2-9-28-20(27)16-17-19(25-14-6-4-3-5-13(14)24-17)26(18(16)23)15-10-11(21)7-8-12(15)22/h2-8,10H,1,9,23H2. The Bertz CT molecular complexity index is 1250. The van der Waals surface area contributed by atoms with Gasteiger partial charge in [0.2, 0.25) is 0 Å². The summed E-state index contributed by atoms with van der Waals surface area (Å²) in [6.07, 6.45) is 1.47. The average Bonchev–Trinajstić information content (AvgIpc) is 2.97. The van der Waals surface area contributed by atoms with Crippen molar-refractivity contribution in [2.75, 3.05) is 12.3 Å². The number of nitrogens with two attached hydrogens (primary N) is 1. The number of anilines is 1. The number of aromatic nitrogens is 3. The van der Waals surface area contributed by atoms with Gasteiger partial charge in [-0.05, 0) is 30.3 Å². The molecular formula is C20H14Cl2N4O2. The molecule has 0 atom stereocenters. The van der Waals surface area contributed by atoms with Crippen molar-refractivity contribution in [1.82, 2.24) is 14.5 Å². The van der Waals surface area contributed by atoms with E-state index in [1.807, 2.05) is 18.2 Å². The van der Waals surface area contributed by atoms with Crippen molar-refractivity contribution in [2.45, 2.75) is 0 Å². The number of nitrogen functional groups attached to an aromatic ring is 1. The number of para-hydroxylation sites is 2. The van der Waals surface area contributed by atoms with Crippen LogP contribution in [0.2, 0.25) is 10.0 Å². The molecule has 0 radical (unpaired) electrons. The highest BCUT2D eigenvalue weighted by Gasteiger charge is 2.26. The maximum atomic E-state index is 12.7. The van der Waals surface area contributed by atoms with Crippen LogP contribution in [-0.4, -0.2) is 27.1 Å². The first-order chi connectivity index (χ1) is 13.5. The summed E-state index contributed by atoms with van der Waals surface area (Å²) < 4.78 is 6.77. The number of esters is 1. The van der Waals surface area contributed by atoms with Crippen LogP contribution in [-0.2, 0) is 4.74 Å². The predicted octanol–water partition coefficient (Wildman–Crippen LogP) is 4.81. The number of carbonyl (C=O) groups excluding carboxylic acids is 1. The second-order valence-electron chi connectivity index (χ2n) is 5.96. The van der Waals surface area contributed by atoms with Gasteiger partial charge in [-0.3, -0.25) is 4.57 Å². The Morgan fingerprint density at radius 3 is 2.61 bits per heavy atom. The summed E-state index contributed by atoms with van der Waals surface area (Å²) in [6.45, 7) is 3.60. The lowest BCUT2D eigenvalue weighted by Crippen LogP contribution is -2.09. The number of benzene rings is 2. The summed E-state index contributed by atoms with van der Waals surface area (Å²) in [4.78, 5) is 21.9. The molecule has 4 aromatic rings. The Morgan fingerprint density at radius 2 is 1.89 bits per heavy atom. The zero-order chi connectivity index (χ0) is 19.8. The molecule has 2 aromatic heterocycles. The lowest BCUT2D eigenvalue weighted by Gasteiger charge is -2.10. The SMILES string of the molecule is C=CCOC(=O)c1c(N)n(-c2cc(Cl)ccc2Cl)c2nc3ccccc3nc12. The molecule has 140 valence electrons. The third-order valence-electron chi connectivity index (χ3n) is 4.18. The van der Waals surface area contributed by atoms with Crippen molar-refractivity contribution in [3.63, 3.8) is 0 Å². The van der Waals surface area contributed by atoms with Gasteiger partial charge in [-0.1, -0.05) is 48.0 Å². The van der Waals surface area contributed by atoms with E-state index < -0.39 is 5.97 Å². The molecule has 28 heavy (non-hydrogen) atoms. The minimum atomic E-state index is -0.621. The molecule has 0 fully saturated rings. The van der Waals surface area contributed by atoms with Crippen LogP contribution in [0.4, 0.5) is 5.82 Å². The summed E-state index contributed by atoms with van der Waals surface area (Å²) >= 11 is 12.5. The van der Waals surface area contributed by atoms with E-state index in [-0.39, 0.29) is 18.0 Å². The summed E-state index contributed by atoms with van der Waals surface area (Å²) in [5.41, 5.74) is 8.94. The van der Waals surface area contributed by atoms with E-state index >= 15 is 0 Å². The number of nitrogens with zero attached hydrogens (tertiary/aromatic N) is 3. The molecule has 4 rings (SSSR count). The third-order valence-corrected chi connectivity index (χ3v) is 4.74. The lowest BCUT2D eigenvalue weighted by molar-refractivity contribution is 0.0553. The molecule has 0 aliphatic heterocycles. The minimum Gasteiger partial charge on any atom is -0.458 e. The van der Waals surface area contributed by atoms with Gasteiger partial charge in [0.05, 0.1) is 21.7 Å². The summed E-state index contributed by atoms with van der Waals surface area (Å²) in [5, 5.41) is 0.860. The normalized spacial score (nSPS) is 11.1. The van der Waals surface area contributed by atoms with Gasteiger partial charge in [0, 0.05) is 5.02 Å². The zero-order valence-corrected chi connectivity index (χ0v) is 16.0. The predicted molar refractivity (Wildman–Crippen MR) is 111 cm³/mol. The molecule has 0 amide bonds. The van der Waals surface area contributed by atoms with Crippen molar-refractivity contribution in [3.8, 4) is 5.69 Å². The summed E-state index contributed by atoms with van der Waals surface area (Å²) in [5.74, 6) is -0.507. The number of carbonyl (C=O) groups is 1. The molecule has 0 aliphatic carbocycles. The maximum absolute atomic E-state index is 12.7. The molecule has 0 saturated heterocycles. The quantitative estimate of drug-likeness (QED) is 0.384.